The van der Waals surface area contributed by atoms with E-state index in [1.54, 1.807) is 0 Å². The molecule has 1 unspecified atom stereocenters. The quantitative estimate of drug-likeness (QED) is 0.336. The van der Waals surface area contributed by atoms with E-state index in [4.69, 9.17) is 0 Å². The van der Waals surface area contributed by atoms with Crippen LogP contribution in [0.2, 0.25) is 0 Å². The van der Waals surface area contributed by atoms with E-state index in [0.29, 0.717) is 5.92 Å². The first-order chi connectivity index (χ1) is 13.8. The van der Waals surface area contributed by atoms with Crippen molar-refractivity contribution in [3.63, 3.8) is 0 Å². The van der Waals surface area contributed by atoms with Crippen LogP contribution >= 0.6 is 0 Å². The van der Waals surface area contributed by atoms with Crippen LogP contribution in [0.3, 0.4) is 0 Å². The molecule has 0 nitrogen and oxygen atoms in total. The largest absolute Gasteiger partial charge is 0.0620 e. The van der Waals surface area contributed by atoms with Gasteiger partial charge in [-0.3, -0.25) is 0 Å². The molecule has 2 aliphatic rings. The Morgan fingerprint density at radius 2 is 1.14 bits per heavy atom. The molecular formula is C28H22. The SMILES string of the molecule is CC1c2ccccc2-c2ccc(-c3ccc4c(c3)CCc3ccccc3-4)cc21. The van der Waals surface area contributed by atoms with Gasteiger partial charge in [-0.25, -0.2) is 0 Å². The maximum absolute atomic E-state index is 2.42. The third-order valence-corrected chi connectivity index (χ3v) is 6.65. The minimum atomic E-state index is 0.468. The summed E-state index contributed by atoms with van der Waals surface area (Å²) in [6.07, 6.45) is 2.27. The Hall–Kier alpha value is -3.12. The lowest BCUT2D eigenvalue weighted by atomic mass is 9.84. The standard InChI is InChI=1S/C28H22/c1-18-23-7-4-5-9-26(23)27-15-13-21(17-28(18)27)20-12-14-25-22(16-20)11-10-19-6-2-3-8-24(19)25/h2-9,12-18H,10-11H2,1H3. The molecule has 0 fully saturated rings. The maximum Gasteiger partial charge on any atom is 0.00735 e. The molecule has 0 heterocycles. The van der Waals surface area contributed by atoms with Crippen LogP contribution in [0.25, 0.3) is 33.4 Å². The van der Waals surface area contributed by atoms with E-state index in [2.05, 4.69) is 91.9 Å². The molecule has 0 radical (unpaired) electrons. The second-order valence-corrected chi connectivity index (χ2v) is 8.14. The van der Waals surface area contributed by atoms with Gasteiger partial charge in [-0.1, -0.05) is 85.8 Å². The molecule has 0 aromatic heterocycles. The van der Waals surface area contributed by atoms with E-state index in [0.717, 1.165) is 12.8 Å². The minimum absolute atomic E-state index is 0.468. The smallest absolute Gasteiger partial charge is 0.00735 e. The molecule has 0 N–H and O–H groups in total. The van der Waals surface area contributed by atoms with Crippen LogP contribution in [0, 0.1) is 0 Å². The van der Waals surface area contributed by atoms with Crippen molar-refractivity contribution in [1.82, 2.24) is 0 Å². The Kier molecular flexibility index (Phi) is 3.37. The molecule has 0 heteroatoms. The number of benzene rings is 4. The van der Waals surface area contributed by atoms with E-state index < -0.39 is 0 Å². The molecule has 2 aliphatic carbocycles. The number of rotatable bonds is 1. The first-order valence-electron chi connectivity index (χ1n) is 10.2. The van der Waals surface area contributed by atoms with Crippen LogP contribution in [0.15, 0.2) is 84.9 Å². The van der Waals surface area contributed by atoms with Crippen LogP contribution in [0.4, 0.5) is 0 Å². The minimum Gasteiger partial charge on any atom is -0.0620 e. The molecule has 0 bridgehead atoms. The van der Waals surface area contributed by atoms with Gasteiger partial charge < -0.3 is 0 Å². The fourth-order valence-corrected chi connectivity index (χ4v) is 5.15. The summed E-state index contributed by atoms with van der Waals surface area (Å²) in [6.45, 7) is 2.33. The van der Waals surface area contributed by atoms with Crippen molar-refractivity contribution in [2.24, 2.45) is 0 Å². The van der Waals surface area contributed by atoms with Gasteiger partial charge in [0.1, 0.15) is 0 Å². The summed E-state index contributed by atoms with van der Waals surface area (Å²) >= 11 is 0. The highest BCUT2D eigenvalue weighted by Gasteiger charge is 2.25. The predicted octanol–water partition coefficient (Wildman–Crippen LogP) is 7.25. The summed E-state index contributed by atoms with van der Waals surface area (Å²) in [5.74, 6) is 0.468. The lowest BCUT2D eigenvalue weighted by molar-refractivity contribution is 0.942. The predicted molar refractivity (Wildman–Crippen MR) is 118 cm³/mol. The monoisotopic (exact) mass is 358 g/mol. The van der Waals surface area contributed by atoms with Crippen LogP contribution in [0.5, 0.6) is 0 Å². The van der Waals surface area contributed by atoms with E-state index in [1.807, 2.05) is 0 Å². The van der Waals surface area contributed by atoms with Gasteiger partial charge in [0.15, 0.2) is 0 Å². The van der Waals surface area contributed by atoms with Crippen LogP contribution in [-0.4, -0.2) is 0 Å². The first kappa shape index (κ1) is 15.9. The van der Waals surface area contributed by atoms with E-state index in [1.165, 1.54) is 55.6 Å². The number of fused-ring (bicyclic) bond motifs is 6. The second kappa shape index (κ2) is 5.94. The molecule has 0 spiro atoms. The Balaban J connectivity index is 1.44. The van der Waals surface area contributed by atoms with Gasteiger partial charge in [0, 0.05) is 5.92 Å². The summed E-state index contributed by atoms with van der Waals surface area (Å²) in [7, 11) is 0. The van der Waals surface area contributed by atoms with Crippen molar-refractivity contribution in [1.29, 1.82) is 0 Å². The molecule has 1 atom stereocenters. The van der Waals surface area contributed by atoms with Crippen molar-refractivity contribution in [2.75, 3.05) is 0 Å². The van der Waals surface area contributed by atoms with Gasteiger partial charge in [-0.05, 0) is 74.5 Å². The summed E-state index contributed by atoms with van der Waals surface area (Å²) in [5.41, 5.74) is 14.2. The highest BCUT2D eigenvalue weighted by atomic mass is 14.3. The van der Waals surface area contributed by atoms with Gasteiger partial charge >= 0.3 is 0 Å². The first-order valence-corrected chi connectivity index (χ1v) is 10.2. The van der Waals surface area contributed by atoms with Gasteiger partial charge in [0.2, 0.25) is 0 Å². The molecule has 0 amide bonds. The Morgan fingerprint density at radius 1 is 0.536 bits per heavy atom. The van der Waals surface area contributed by atoms with Crippen molar-refractivity contribution in [2.45, 2.75) is 25.7 Å². The average molecular weight is 358 g/mol. The normalized spacial score (nSPS) is 16.1. The zero-order valence-electron chi connectivity index (χ0n) is 16.1. The third kappa shape index (κ3) is 2.24. The second-order valence-electron chi connectivity index (χ2n) is 8.14. The highest BCUT2D eigenvalue weighted by molar-refractivity contribution is 5.83. The molecule has 0 saturated heterocycles. The number of hydrogen-bond donors (Lipinski definition) is 0. The van der Waals surface area contributed by atoms with Gasteiger partial charge in [-0.15, -0.1) is 0 Å². The molecular weight excluding hydrogens is 336 g/mol. The molecule has 0 aliphatic heterocycles. The van der Waals surface area contributed by atoms with Crippen LogP contribution < -0.4 is 0 Å². The van der Waals surface area contributed by atoms with Crippen molar-refractivity contribution >= 4 is 0 Å². The third-order valence-electron chi connectivity index (χ3n) is 6.65. The lowest BCUT2D eigenvalue weighted by Crippen LogP contribution is -2.03. The van der Waals surface area contributed by atoms with Crippen molar-refractivity contribution < 1.29 is 0 Å². The molecule has 28 heavy (non-hydrogen) atoms. The maximum atomic E-state index is 2.42. The van der Waals surface area contributed by atoms with E-state index in [9.17, 15) is 0 Å². The summed E-state index contributed by atoms with van der Waals surface area (Å²) in [4.78, 5) is 0. The van der Waals surface area contributed by atoms with E-state index >= 15 is 0 Å². The zero-order valence-corrected chi connectivity index (χ0v) is 16.1. The van der Waals surface area contributed by atoms with Gasteiger partial charge in [0.25, 0.3) is 0 Å². The molecule has 4 aromatic rings. The average Bonchev–Trinajstić information content (AvgIpc) is 3.05. The van der Waals surface area contributed by atoms with Crippen LogP contribution in [-0.2, 0) is 12.8 Å². The number of hydrogen-bond acceptors (Lipinski definition) is 0. The summed E-state index contributed by atoms with van der Waals surface area (Å²) < 4.78 is 0. The van der Waals surface area contributed by atoms with Gasteiger partial charge in [0.05, 0.1) is 0 Å². The molecule has 0 saturated carbocycles. The highest BCUT2D eigenvalue weighted by Crippen LogP contribution is 2.46. The lowest BCUT2D eigenvalue weighted by Gasteiger charge is -2.20. The van der Waals surface area contributed by atoms with Crippen molar-refractivity contribution in [3.8, 4) is 33.4 Å². The fraction of sp³-hybridized carbons (Fsp3) is 0.143. The van der Waals surface area contributed by atoms with Crippen molar-refractivity contribution in [3.05, 3.63) is 107 Å². The Bertz CT molecular complexity index is 1230. The van der Waals surface area contributed by atoms with E-state index in [-0.39, 0.29) is 0 Å². The van der Waals surface area contributed by atoms with Crippen LogP contribution in [0.1, 0.15) is 35.1 Å². The molecule has 134 valence electrons. The molecule has 4 aromatic carbocycles. The molecule has 6 rings (SSSR count). The summed E-state index contributed by atoms with van der Waals surface area (Å²) in [5, 5.41) is 0. The van der Waals surface area contributed by atoms with Gasteiger partial charge in [-0.2, -0.15) is 0 Å². The summed E-state index contributed by atoms with van der Waals surface area (Å²) in [6, 6.07) is 31.8. The topological polar surface area (TPSA) is 0 Å². The number of aryl methyl sites for hydroxylation is 2. The zero-order chi connectivity index (χ0) is 18.7. The fourth-order valence-electron chi connectivity index (χ4n) is 5.15. The Morgan fingerprint density at radius 3 is 2.04 bits per heavy atom. The Labute approximate surface area is 166 Å².